The molecule has 4 nitrogen and oxygen atoms in total. The first-order chi connectivity index (χ1) is 8.86. The third-order valence-electron chi connectivity index (χ3n) is 3.43. The molecule has 1 aliphatic heterocycles. The zero-order valence-electron chi connectivity index (χ0n) is 10.9. The van der Waals surface area contributed by atoms with Gasteiger partial charge in [0, 0.05) is 24.8 Å². The van der Waals surface area contributed by atoms with Crippen LogP contribution in [0.5, 0.6) is 0 Å². The van der Waals surface area contributed by atoms with E-state index in [0.29, 0.717) is 19.3 Å². The lowest BCUT2D eigenvalue weighted by molar-refractivity contribution is 0.0964. The van der Waals surface area contributed by atoms with Gasteiger partial charge in [-0.15, -0.1) is 0 Å². The van der Waals surface area contributed by atoms with Crippen LogP contribution in [0, 0.1) is 0 Å². The van der Waals surface area contributed by atoms with Crippen LogP contribution in [0.2, 0.25) is 0 Å². The van der Waals surface area contributed by atoms with Crippen molar-refractivity contribution in [2.24, 2.45) is 0 Å². The van der Waals surface area contributed by atoms with Crippen molar-refractivity contribution in [3.05, 3.63) is 29.8 Å². The molecule has 0 aromatic heterocycles. The van der Waals surface area contributed by atoms with Crippen molar-refractivity contribution in [1.29, 1.82) is 0 Å². The van der Waals surface area contributed by atoms with Crippen molar-refractivity contribution >= 4 is 5.69 Å². The molecule has 1 unspecified atom stereocenters. The zero-order chi connectivity index (χ0) is 12.8. The van der Waals surface area contributed by atoms with Crippen LogP contribution in [-0.2, 0) is 4.74 Å². The molecule has 0 bridgehead atoms. The van der Waals surface area contributed by atoms with Crippen LogP contribution >= 0.6 is 0 Å². The van der Waals surface area contributed by atoms with E-state index in [0.717, 1.165) is 19.5 Å². The second-order valence-electron chi connectivity index (χ2n) is 4.51. The minimum absolute atomic E-state index is 0.0957. The maximum absolute atomic E-state index is 8.68. The number of benzene rings is 1. The number of ether oxygens (including phenoxy) is 1. The summed E-state index contributed by atoms with van der Waals surface area (Å²) in [7, 11) is 2.02. The lowest BCUT2D eigenvalue weighted by Gasteiger charge is -2.35. The maximum atomic E-state index is 8.68. The summed E-state index contributed by atoms with van der Waals surface area (Å²) in [6.45, 7) is 3.12. The van der Waals surface area contributed by atoms with Crippen LogP contribution in [-0.4, -0.2) is 45.1 Å². The Balaban J connectivity index is 2.01. The van der Waals surface area contributed by atoms with E-state index >= 15 is 0 Å². The van der Waals surface area contributed by atoms with Gasteiger partial charge >= 0.3 is 0 Å². The second kappa shape index (κ2) is 6.73. The summed E-state index contributed by atoms with van der Waals surface area (Å²) in [5.41, 5.74) is 2.67. The van der Waals surface area contributed by atoms with Gasteiger partial charge in [-0.1, -0.05) is 18.2 Å². The first-order valence-corrected chi connectivity index (χ1v) is 6.56. The predicted molar refractivity (Wildman–Crippen MR) is 73.0 cm³/mol. The van der Waals surface area contributed by atoms with Crippen LogP contribution in [0.15, 0.2) is 24.3 Å². The largest absolute Gasteiger partial charge is 0.394 e. The minimum Gasteiger partial charge on any atom is -0.394 e. The number of hydrogen-bond donors (Lipinski definition) is 2. The number of anilines is 1. The Kier molecular flexibility index (Phi) is 4.99. The molecule has 4 heteroatoms. The monoisotopic (exact) mass is 250 g/mol. The Bertz CT molecular complexity index is 371. The van der Waals surface area contributed by atoms with Crippen LogP contribution in [0.1, 0.15) is 18.0 Å². The minimum atomic E-state index is 0.0957. The summed E-state index contributed by atoms with van der Waals surface area (Å²) >= 11 is 0. The normalized spacial score (nSPS) is 18.8. The number of nitrogens with one attached hydrogen (secondary N) is 1. The highest BCUT2D eigenvalue weighted by Gasteiger charge is 2.22. The van der Waals surface area contributed by atoms with Crippen LogP contribution in [0.4, 0.5) is 5.69 Å². The Morgan fingerprint density at radius 1 is 1.39 bits per heavy atom. The van der Waals surface area contributed by atoms with Gasteiger partial charge in [-0.05, 0) is 25.1 Å². The number of aliphatic hydroxyl groups excluding tert-OH is 1. The molecule has 0 amide bonds. The molecule has 0 saturated carbocycles. The van der Waals surface area contributed by atoms with Gasteiger partial charge < -0.3 is 20.1 Å². The summed E-state index contributed by atoms with van der Waals surface area (Å²) in [6.07, 6.45) is 1.12. The Hall–Kier alpha value is -1.10. The molecule has 0 aliphatic carbocycles. The lowest BCUT2D eigenvalue weighted by Crippen LogP contribution is -2.36. The lowest BCUT2D eigenvalue weighted by atomic mass is 9.96. The molecule has 2 N–H and O–H groups in total. The van der Waals surface area contributed by atoms with E-state index in [1.807, 2.05) is 7.05 Å². The third-order valence-corrected chi connectivity index (χ3v) is 3.43. The van der Waals surface area contributed by atoms with E-state index in [2.05, 4.69) is 34.5 Å². The average Bonchev–Trinajstić information content (AvgIpc) is 2.43. The fourth-order valence-corrected chi connectivity index (χ4v) is 2.50. The SMILES string of the molecule is CNC1CCN(CCOCCO)c2ccccc21. The van der Waals surface area contributed by atoms with E-state index in [1.165, 1.54) is 11.3 Å². The van der Waals surface area contributed by atoms with Crippen LogP contribution in [0.25, 0.3) is 0 Å². The highest BCUT2D eigenvalue weighted by Crippen LogP contribution is 2.32. The van der Waals surface area contributed by atoms with Crippen molar-refractivity contribution < 1.29 is 9.84 Å². The number of fused-ring (bicyclic) bond motifs is 1. The van der Waals surface area contributed by atoms with E-state index in [1.54, 1.807) is 0 Å². The highest BCUT2D eigenvalue weighted by atomic mass is 16.5. The van der Waals surface area contributed by atoms with Gasteiger partial charge in [0.1, 0.15) is 0 Å². The fourth-order valence-electron chi connectivity index (χ4n) is 2.50. The zero-order valence-corrected chi connectivity index (χ0v) is 10.9. The summed E-state index contributed by atoms with van der Waals surface area (Å²) in [4.78, 5) is 2.36. The number of aliphatic hydroxyl groups is 1. The quantitative estimate of drug-likeness (QED) is 0.744. The standard InChI is InChI=1S/C14H22N2O2/c1-15-13-6-7-16(8-10-18-11-9-17)14-5-3-2-4-12(13)14/h2-5,13,15,17H,6-11H2,1H3. The van der Waals surface area contributed by atoms with Gasteiger partial charge in [-0.3, -0.25) is 0 Å². The van der Waals surface area contributed by atoms with E-state index in [9.17, 15) is 0 Å². The van der Waals surface area contributed by atoms with Gasteiger partial charge in [0.2, 0.25) is 0 Å². The highest BCUT2D eigenvalue weighted by molar-refractivity contribution is 5.56. The molecule has 2 rings (SSSR count). The predicted octanol–water partition coefficient (Wildman–Crippen LogP) is 1.17. The van der Waals surface area contributed by atoms with Gasteiger partial charge in [0.25, 0.3) is 0 Å². The molecule has 1 aromatic rings. The van der Waals surface area contributed by atoms with Gasteiger partial charge in [-0.2, -0.15) is 0 Å². The molecule has 1 aromatic carbocycles. The Labute approximate surface area is 109 Å². The van der Waals surface area contributed by atoms with E-state index in [-0.39, 0.29) is 6.61 Å². The molecule has 0 saturated heterocycles. The van der Waals surface area contributed by atoms with Gasteiger partial charge in [0.05, 0.1) is 19.8 Å². The Morgan fingerprint density at radius 3 is 3.00 bits per heavy atom. The first-order valence-electron chi connectivity index (χ1n) is 6.56. The topological polar surface area (TPSA) is 44.7 Å². The summed E-state index contributed by atoms with van der Waals surface area (Å²) in [5, 5.41) is 12.0. The molecule has 1 heterocycles. The second-order valence-corrected chi connectivity index (χ2v) is 4.51. The van der Waals surface area contributed by atoms with Gasteiger partial charge in [-0.25, -0.2) is 0 Å². The number of rotatable bonds is 6. The summed E-state index contributed by atoms with van der Waals surface area (Å²) in [6, 6.07) is 8.99. The van der Waals surface area contributed by atoms with Gasteiger partial charge in [0.15, 0.2) is 0 Å². The van der Waals surface area contributed by atoms with Crippen molar-refractivity contribution in [2.45, 2.75) is 12.5 Å². The van der Waals surface area contributed by atoms with E-state index in [4.69, 9.17) is 9.84 Å². The number of para-hydroxylation sites is 1. The first kappa shape index (κ1) is 13.3. The molecule has 100 valence electrons. The van der Waals surface area contributed by atoms with Crippen LogP contribution < -0.4 is 10.2 Å². The Morgan fingerprint density at radius 2 is 2.22 bits per heavy atom. The molecular formula is C14H22N2O2. The van der Waals surface area contributed by atoms with Crippen molar-refractivity contribution in [1.82, 2.24) is 5.32 Å². The maximum Gasteiger partial charge on any atom is 0.0698 e. The molecule has 18 heavy (non-hydrogen) atoms. The molecule has 0 radical (unpaired) electrons. The average molecular weight is 250 g/mol. The molecule has 0 spiro atoms. The fraction of sp³-hybridized carbons (Fsp3) is 0.571. The number of nitrogens with zero attached hydrogens (tertiary/aromatic N) is 1. The molecule has 1 aliphatic rings. The van der Waals surface area contributed by atoms with Crippen molar-refractivity contribution in [3.8, 4) is 0 Å². The van der Waals surface area contributed by atoms with Crippen LogP contribution in [0.3, 0.4) is 0 Å². The molecule has 0 fully saturated rings. The van der Waals surface area contributed by atoms with Crippen molar-refractivity contribution in [3.63, 3.8) is 0 Å². The van der Waals surface area contributed by atoms with E-state index < -0.39 is 0 Å². The third kappa shape index (κ3) is 3.02. The van der Waals surface area contributed by atoms with Crippen molar-refractivity contribution in [2.75, 3.05) is 44.9 Å². The summed E-state index contributed by atoms with van der Waals surface area (Å²) in [5.74, 6) is 0. The summed E-state index contributed by atoms with van der Waals surface area (Å²) < 4.78 is 5.35. The smallest absolute Gasteiger partial charge is 0.0698 e. The molecular weight excluding hydrogens is 228 g/mol. The number of hydrogen-bond acceptors (Lipinski definition) is 4. The molecule has 1 atom stereocenters.